The van der Waals surface area contributed by atoms with Crippen molar-refractivity contribution < 1.29 is 0 Å². The Balaban J connectivity index is 1.80. The summed E-state index contributed by atoms with van der Waals surface area (Å²) in [6.07, 6.45) is 1.11. The van der Waals surface area contributed by atoms with Crippen LogP contribution < -0.4 is 5.73 Å². The second-order valence-electron chi connectivity index (χ2n) is 6.04. The largest absolute Gasteiger partial charge is 0.327 e. The smallest absolute Gasteiger partial charge is 0.0115 e. The predicted molar refractivity (Wildman–Crippen MR) is 92.6 cm³/mol. The Morgan fingerprint density at radius 3 is 1.95 bits per heavy atom. The summed E-state index contributed by atoms with van der Waals surface area (Å²) >= 11 is 0. The topological polar surface area (TPSA) is 26.0 Å². The molecule has 108 valence electrons. The van der Waals surface area contributed by atoms with Gasteiger partial charge in [0, 0.05) is 12.0 Å². The Labute approximate surface area is 131 Å². The minimum Gasteiger partial charge on any atom is -0.327 e. The van der Waals surface area contributed by atoms with Gasteiger partial charge >= 0.3 is 0 Å². The lowest BCUT2D eigenvalue weighted by atomic mass is 9.93. The van der Waals surface area contributed by atoms with E-state index in [4.69, 9.17) is 5.73 Å². The molecular formula is C21H19N. The van der Waals surface area contributed by atoms with Crippen molar-refractivity contribution in [2.45, 2.75) is 18.4 Å². The quantitative estimate of drug-likeness (QED) is 0.732. The van der Waals surface area contributed by atoms with Crippen LogP contribution in [0.3, 0.4) is 0 Å². The fraction of sp³-hybridized carbons (Fsp3) is 0.143. The van der Waals surface area contributed by atoms with Gasteiger partial charge in [-0.3, -0.25) is 0 Å². The molecule has 22 heavy (non-hydrogen) atoms. The molecule has 0 saturated heterocycles. The van der Waals surface area contributed by atoms with Crippen LogP contribution in [0.1, 0.15) is 17.9 Å². The maximum absolute atomic E-state index is 6.01. The third-order valence-electron chi connectivity index (χ3n) is 4.48. The molecule has 0 aliphatic heterocycles. The summed E-state index contributed by atoms with van der Waals surface area (Å²) in [7, 11) is 0. The highest BCUT2D eigenvalue weighted by Crippen LogP contribution is 2.41. The van der Waals surface area contributed by atoms with Crippen LogP contribution in [0, 0.1) is 0 Å². The van der Waals surface area contributed by atoms with Gasteiger partial charge in [-0.2, -0.15) is 0 Å². The van der Waals surface area contributed by atoms with Gasteiger partial charge in [0.2, 0.25) is 0 Å². The molecule has 0 radical (unpaired) electrons. The van der Waals surface area contributed by atoms with Crippen molar-refractivity contribution in [1.82, 2.24) is 0 Å². The third kappa shape index (κ3) is 2.44. The molecule has 1 nitrogen and oxygen atoms in total. The lowest BCUT2D eigenvalue weighted by Gasteiger charge is -2.11. The second kappa shape index (κ2) is 5.43. The van der Waals surface area contributed by atoms with Gasteiger partial charge in [-0.15, -0.1) is 0 Å². The Bertz CT molecular complexity index is 792. The van der Waals surface area contributed by atoms with Crippen LogP contribution in [-0.2, 0) is 0 Å². The number of rotatable bonds is 3. The molecule has 1 fully saturated rings. The first-order valence-corrected chi connectivity index (χ1v) is 7.83. The summed E-state index contributed by atoms with van der Waals surface area (Å²) in [5.74, 6) is 0.545. The highest BCUT2D eigenvalue weighted by atomic mass is 14.7. The van der Waals surface area contributed by atoms with Crippen LogP contribution in [0.25, 0.3) is 22.3 Å². The molecule has 0 unspecified atom stereocenters. The summed E-state index contributed by atoms with van der Waals surface area (Å²) in [5, 5.41) is 0. The molecule has 2 N–H and O–H groups in total. The van der Waals surface area contributed by atoms with Crippen LogP contribution in [0.15, 0.2) is 78.9 Å². The summed E-state index contributed by atoms with van der Waals surface area (Å²) in [4.78, 5) is 0. The molecule has 3 aromatic carbocycles. The molecule has 3 aromatic rings. The fourth-order valence-electron chi connectivity index (χ4n) is 3.14. The van der Waals surface area contributed by atoms with Crippen LogP contribution in [0.5, 0.6) is 0 Å². The molecule has 1 aliphatic rings. The zero-order chi connectivity index (χ0) is 14.9. The van der Waals surface area contributed by atoms with Gasteiger partial charge in [0.1, 0.15) is 0 Å². The number of hydrogen-bond donors (Lipinski definition) is 1. The Morgan fingerprint density at radius 2 is 1.27 bits per heavy atom. The standard InChI is InChI=1S/C21H19N/c22-21-14-20(21)17-10-6-9-16(13-17)19-12-5-4-11-18(19)15-7-2-1-3-8-15/h1-13,20-21H,14,22H2/t20-,21+/m1/s1. The van der Waals surface area contributed by atoms with Crippen molar-refractivity contribution in [3.8, 4) is 22.3 Å². The van der Waals surface area contributed by atoms with Crippen molar-refractivity contribution in [3.05, 3.63) is 84.4 Å². The second-order valence-corrected chi connectivity index (χ2v) is 6.04. The Kier molecular flexibility index (Phi) is 3.28. The van der Waals surface area contributed by atoms with E-state index in [2.05, 4.69) is 78.9 Å². The van der Waals surface area contributed by atoms with E-state index < -0.39 is 0 Å². The van der Waals surface area contributed by atoms with Gasteiger partial charge in [-0.1, -0.05) is 78.9 Å². The summed E-state index contributed by atoms with van der Waals surface area (Å²) in [5.41, 5.74) is 12.5. The van der Waals surface area contributed by atoms with E-state index in [9.17, 15) is 0 Å². The van der Waals surface area contributed by atoms with Gasteiger partial charge in [-0.25, -0.2) is 0 Å². The third-order valence-corrected chi connectivity index (χ3v) is 4.48. The first-order chi connectivity index (χ1) is 10.8. The Hall–Kier alpha value is -2.38. The minimum absolute atomic E-state index is 0.347. The molecule has 0 heterocycles. The maximum Gasteiger partial charge on any atom is 0.0115 e. The molecule has 0 bridgehead atoms. The number of benzene rings is 3. The molecular weight excluding hydrogens is 266 g/mol. The SMILES string of the molecule is N[C@H]1C[C@@H]1c1cccc(-c2ccccc2-c2ccccc2)c1. The minimum atomic E-state index is 0.347. The molecule has 0 amide bonds. The van der Waals surface area contributed by atoms with Gasteiger partial charge < -0.3 is 5.73 Å². The van der Waals surface area contributed by atoms with E-state index in [-0.39, 0.29) is 0 Å². The van der Waals surface area contributed by atoms with Gasteiger partial charge in [0.05, 0.1) is 0 Å². The fourth-order valence-corrected chi connectivity index (χ4v) is 3.14. The zero-order valence-electron chi connectivity index (χ0n) is 12.4. The predicted octanol–water partition coefficient (Wildman–Crippen LogP) is 4.84. The van der Waals surface area contributed by atoms with E-state index in [1.54, 1.807) is 0 Å². The molecule has 1 aliphatic carbocycles. The highest BCUT2D eigenvalue weighted by Gasteiger charge is 2.34. The van der Waals surface area contributed by atoms with Crippen LogP contribution in [0.4, 0.5) is 0 Å². The molecule has 2 atom stereocenters. The summed E-state index contributed by atoms with van der Waals surface area (Å²) in [6.45, 7) is 0. The highest BCUT2D eigenvalue weighted by molar-refractivity contribution is 5.83. The molecule has 1 heteroatoms. The number of hydrogen-bond acceptors (Lipinski definition) is 1. The van der Waals surface area contributed by atoms with E-state index in [1.165, 1.54) is 27.8 Å². The van der Waals surface area contributed by atoms with E-state index in [0.717, 1.165) is 6.42 Å². The van der Waals surface area contributed by atoms with Gasteiger partial charge in [-0.05, 0) is 34.2 Å². The molecule has 4 rings (SSSR count). The zero-order valence-corrected chi connectivity index (χ0v) is 12.4. The molecule has 0 spiro atoms. The van der Waals surface area contributed by atoms with Crippen molar-refractivity contribution in [2.75, 3.05) is 0 Å². The van der Waals surface area contributed by atoms with Crippen molar-refractivity contribution in [3.63, 3.8) is 0 Å². The average molecular weight is 285 g/mol. The monoisotopic (exact) mass is 285 g/mol. The maximum atomic E-state index is 6.01. The van der Waals surface area contributed by atoms with Crippen LogP contribution >= 0.6 is 0 Å². The first kappa shape index (κ1) is 13.3. The Morgan fingerprint density at radius 1 is 0.682 bits per heavy atom. The van der Waals surface area contributed by atoms with Crippen molar-refractivity contribution in [2.24, 2.45) is 5.73 Å². The molecule has 1 saturated carbocycles. The summed E-state index contributed by atoms with van der Waals surface area (Å²) < 4.78 is 0. The van der Waals surface area contributed by atoms with E-state index in [1.807, 2.05) is 0 Å². The number of nitrogens with two attached hydrogens (primary N) is 1. The van der Waals surface area contributed by atoms with Crippen LogP contribution in [-0.4, -0.2) is 6.04 Å². The van der Waals surface area contributed by atoms with Crippen molar-refractivity contribution in [1.29, 1.82) is 0 Å². The van der Waals surface area contributed by atoms with E-state index >= 15 is 0 Å². The summed E-state index contributed by atoms with van der Waals surface area (Å²) in [6, 6.07) is 28.4. The molecule has 0 aromatic heterocycles. The van der Waals surface area contributed by atoms with Crippen molar-refractivity contribution >= 4 is 0 Å². The van der Waals surface area contributed by atoms with E-state index in [0.29, 0.717) is 12.0 Å². The lowest BCUT2D eigenvalue weighted by Crippen LogP contribution is -2.00. The van der Waals surface area contributed by atoms with Gasteiger partial charge in [0.15, 0.2) is 0 Å². The normalized spacial score (nSPS) is 19.9. The van der Waals surface area contributed by atoms with Crippen LogP contribution in [0.2, 0.25) is 0 Å². The first-order valence-electron chi connectivity index (χ1n) is 7.83. The average Bonchev–Trinajstić information content (AvgIpc) is 3.33. The lowest BCUT2D eigenvalue weighted by molar-refractivity contribution is 0.991. The van der Waals surface area contributed by atoms with Gasteiger partial charge in [0.25, 0.3) is 0 Å².